The van der Waals surface area contributed by atoms with Crippen molar-refractivity contribution in [1.29, 1.82) is 0 Å². The standard InChI is InChI=1S/C88H91BN4/c1-88(2,3)68-52-50-62(51-53-68)67-58-83-85-84(59-67)93(87-77(65-34-16-6-17-35-65)48-29-49-78(87)66-36-18-7-19-37-66)82-61-74(91(71-42-24-10-25-43-71)72-44-26-11-27-45-72)55-57-80(82)89(85)79-56-54-73(90(69-38-20-8-21-39-69)70-40-22-9-23-41-70)60-81(79)92(83)86-75(63-30-12-4-13-31-63)46-28-47-76(86)64-32-14-5-15-33-64/h4,6,8-12,16,20-27,32,36,38-46,48,50-61,63,65,76,78,86-87H,5,7,13-15,17-19,28-31,33-35,37,47,49H2,1-3H3. The maximum Gasteiger partial charge on any atom is 0.252 e. The molecule has 2 heterocycles. The molecule has 0 radical (unpaired) electrons. The van der Waals surface area contributed by atoms with Crippen molar-refractivity contribution in [3.05, 3.63) is 271 Å². The smallest absolute Gasteiger partial charge is 0.252 e. The summed E-state index contributed by atoms with van der Waals surface area (Å²) in [5, 5.41) is 0. The van der Waals surface area contributed by atoms with Gasteiger partial charge in [0.25, 0.3) is 6.71 Å². The lowest BCUT2D eigenvalue weighted by Crippen LogP contribution is -2.65. The Morgan fingerprint density at radius 2 is 0.806 bits per heavy atom. The third-order valence-corrected chi connectivity index (χ3v) is 22.6. The summed E-state index contributed by atoms with van der Waals surface area (Å²) >= 11 is 0. The minimum absolute atomic E-state index is 0.0203. The highest BCUT2D eigenvalue weighted by molar-refractivity contribution is 7.00. The van der Waals surface area contributed by atoms with Crippen molar-refractivity contribution < 1.29 is 0 Å². The van der Waals surface area contributed by atoms with Crippen LogP contribution < -0.4 is 36.0 Å². The molecular weight excluding hydrogens is 1120 g/mol. The van der Waals surface area contributed by atoms with Crippen molar-refractivity contribution in [2.45, 2.75) is 154 Å². The number of benzene rings is 8. The molecule has 0 aromatic heterocycles. The first-order valence-corrected chi connectivity index (χ1v) is 35.9. The maximum absolute atomic E-state index is 3.04. The van der Waals surface area contributed by atoms with Crippen LogP contribution in [0.2, 0.25) is 0 Å². The molecule has 6 atom stereocenters. The normalized spacial score (nSPS) is 22.5. The number of hydrogen-bond acceptors (Lipinski definition) is 4. The minimum atomic E-state index is -0.0568. The van der Waals surface area contributed by atoms with E-state index in [1.54, 1.807) is 22.3 Å². The Morgan fingerprint density at radius 3 is 1.18 bits per heavy atom. The quantitative estimate of drug-likeness (QED) is 0.0842. The Bertz CT molecular complexity index is 3890. The topological polar surface area (TPSA) is 13.0 Å². The van der Waals surface area contributed by atoms with Gasteiger partial charge in [-0.2, -0.15) is 0 Å². The van der Waals surface area contributed by atoms with Gasteiger partial charge in [-0.1, -0.05) is 190 Å². The molecule has 4 nitrogen and oxygen atoms in total. The number of rotatable bonds is 13. The van der Waals surface area contributed by atoms with E-state index >= 15 is 0 Å². The van der Waals surface area contributed by atoms with Crippen LogP contribution in [0.25, 0.3) is 11.1 Å². The summed E-state index contributed by atoms with van der Waals surface area (Å²) in [6.07, 6.45) is 42.2. The van der Waals surface area contributed by atoms with Crippen LogP contribution in [0, 0.1) is 23.7 Å². The molecule has 0 N–H and O–H groups in total. The number of para-hydroxylation sites is 4. The first-order valence-electron chi connectivity index (χ1n) is 35.9. The average molecular weight is 1220 g/mol. The lowest BCUT2D eigenvalue weighted by molar-refractivity contribution is 0.391. The van der Waals surface area contributed by atoms with Gasteiger partial charge in [0.05, 0.1) is 12.1 Å². The van der Waals surface area contributed by atoms with Gasteiger partial charge in [-0.05, 0) is 262 Å². The van der Waals surface area contributed by atoms with Gasteiger partial charge in [0.2, 0.25) is 0 Å². The third-order valence-electron chi connectivity index (χ3n) is 22.6. The summed E-state index contributed by atoms with van der Waals surface area (Å²) in [6.45, 7) is 7.02. The van der Waals surface area contributed by atoms with Crippen LogP contribution in [0.15, 0.2) is 265 Å². The molecule has 93 heavy (non-hydrogen) atoms. The fraction of sp³-hybridized carbons (Fsp3) is 0.318. The molecule has 16 rings (SSSR count). The summed E-state index contributed by atoms with van der Waals surface area (Å²) in [5.74, 6) is 1.70. The average Bonchev–Trinajstić information content (AvgIpc) is 0.693. The summed E-state index contributed by atoms with van der Waals surface area (Å²) in [6, 6.07) is 75.5. The van der Waals surface area contributed by atoms with E-state index in [1.165, 1.54) is 131 Å². The van der Waals surface area contributed by atoms with Gasteiger partial charge in [-0.25, -0.2) is 0 Å². The Hall–Kier alpha value is -8.54. The number of allylic oxidation sites excluding steroid dienone is 8. The highest BCUT2D eigenvalue weighted by Crippen LogP contribution is 2.54. The van der Waals surface area contributed by atoms with Gasteiger partial charge < -0.3 is 19.6 Å². The zero-order valence-electron chi connectivity index (χ0n) is 55.2. The molecule has 466 valence electrons. The third kappa shape index (κ3) is 11.3. The molecule has 5 heteroatoms. The van der Waals surface area contributed by atoms with Crippen LogP contribution >= 0.6 is 0 Å². The molecule has 0 fully saturated rings. The zero-order valence-corrected chi connectivity index (χ0v) is 55.2. The number of hydrogen-bond donors (Lipinski definition) is 0. The SMILES string of the molecule is CC(C)(C)c1ccc(-c2cc3c4c(c2)N(C2C(C5CC=CCC5)=CCCC2C2=CCCCC2)c2cc(N(c5ccccc5)c5ccccc5)ccc2B4c2ccc(N(c4ccccc4)c4ccccc4)cc2N3C2C(C3CC=CCC3)=CCCC2C2=CCCCC2)cc1. The number of fused-ring (bicyclic) bond motifs is 4. The monoisotopic (exact) mass is 1210 g/mol. The van der Waals surface area contributed by atoms with Gasteiger partial charge in [0.1, 0.15) is 0 Å². The van der Waals surface area contributed by atoms with E-state index in [-0.39, 0.29) is 24.2 Å². The molecule has 8 aromatic rings. The Balaban J connectivity index is 1.03. The molecule has 0 spiro atoms. The van der Waals surface area contributed by atoms with Crippen LogP contribution in [-0.2, 0) is 5.41 Å². The van der Waals surface area contributed by atoms with Crippen molar-refractivity contribution in [3.8, 4) is 11.1 Å². The summed E-state index contributed by atoms with van der Waals surface area (Å²) in [7, 11) is 0. The lowest BCUT2D eigenvalue weighted by atomic mass is 9.33. The molecule has 6 unspecified atom stereocenters. The predicted molar refractivity (Wildman–Crippen MR) is 397 cm³/mol. The first kappa shape index (κ1) is 59.5. The summed E-state index contributed by atoms with van der Waals surface area (Å²) in [4.78, 5) is 11.1. The van der Waals surface area contributed by atoms with E-state index in [1.807, 2.05) is 0 Å². The maximum atomic E-state index is 3.04. The molecule has 0 amide bonds. The second-order valence-corrected chi connectivity index (χ2v) is 29.1. The number of nitrogens with zero attached hydrogens (tertiary/aromatic N) is 4. The first-order chi connectivity index (χ1) is 45.8. The van der Waals surface area contributed by atoms with Gasteiger partial charge >= 0.3 is 0 Å². The summed E-state index contributed by atoms with van der Waals surface area (Å²) in [5.41, 5.74) is 27.4. The van der Waals surface area contributed by atoms with Crippen molar-refractivity contribution in [1.82, 2.24) is 0 Å². The van der Waals surface area contributed by atoms with Crippen LogP contribution in [-0.4, -0.2) is 18.8 Å². The van der Waals surface area contributed by atoms with Crippen LogP contribution in [0.4, 0.5) is 56.9 Å². The van der Waals surface area contributed by atoms with Gasteiger partial charge in [0.15, 0.2) is 0 Å². The van der Waals surface area contributed by atoms with E-state index < -0.39 is 0 Å². The molecule has 0 saturated carbocycles. The number of anilines is 10. The predicted octanol–water partition coefficient (Wildman–Crippen LogP) is 22.1. The van der Waals surface area contributed by atoms with Crippen LogP contribution in [0.1, 0.15) is 142 Å². The van der Waals surface area contributed by atoms with Gasteiger partial charge in [-0.3, -0.25) is 0 Å². The molecule has 0 bridgehead atoms. The Morgan fingerprint density at radius 1 is 0.376 bits per heavy atom. The van der Waals surface area contributed by atoms with Crippen molar-refractivity contribution in [3.63, 3.8) is 0 Å². The van der Waals surface area contributed by atoms with Gasteiger partial charge in [0, 0.05) is 68.7 Å². The van der Waals surface area contributed by atoms with Crippen molar-refractivity contribution in [2.24, 2.45) is 23.7 Å². The van der Waals surface area contributed by atoms with E-state index in [9.17, 15) is 0 Å². The van der Waals surface area contributed by atoms with E-state index in [0.717, 1.165) is 74.1 Å². The molecule has 8 aliphatic rings. The van der Waals surface area contributed by atoms with E-state index in [0.29, 0.717) is 23.7 Å². The van der Waals surface area contributed by atoms with Gasteiger partial charge in [-0.15, -0.1) is 0 Å². The zero-order chi connectivity index (χ0) is 62.4. The summed E-state index contributed by atoms with van der Waals surface area (Å²) < 4.78 is 0. The fourth-order valence-corrected chi connectivity index (χ4v) is 18.2. The largest absolute Gasteiger partial charge is 0.334 e. The molecular formula is C88H91BN4. The molecule has 2 aliphatic heterocycles. The van der Waals surface area contributed by atoms with E-state index in [2.05, 4.69) is 283 Å². The van der Waals surface area contributed by atoms with Crippen LogP contribution in [0.5, 0.6) is 0 Å². The molecule has 8 aromatic carbocycles. The fourth-order valence-electron chi connectivity index (χ4n) is 18.2. The highest BCUT2D eigenvalue weighted by atomic mass is 15.2. The molecule has 6 aliphatic carbocycles. The second kappa shape index (κ2) is 25.8. The Labute approximate surface area is 555 Å². The highest BCUT2D eigenvalue weighted by Gasteiger charge is 2.51. The minimum Gasteiger partial charge on any atom is -0.334 e. The van der Waals surface area contributed by atoms with Crippen molar-refractivity contribution in [2.75, 3.05) is 19.6 Å². The second-order valence-electron chi connectivity index (χ2n) is 29.1. The van der Waals surface area contributed by atoms with Crippen LogP contribution in [0.3, 0.4) is 0 Å². The van der Waals surface area contributed by atoms with Crippen molar-refractivity contribution >= 4 is 80.0 Å². The lowest BCUT2D eigenvalue weighted by Gasteiger charge is -2.53. The van der Waals surface area contributed by atoms with E-state index in [4.69, 9.17) is 0 Å². The Kier molecular flexibility index (Phi) is 16.5. The molecule has 0 saturated heterocycles.